The molecule has 84 valence electrons. The maximum Gasteiger partial charge on any atom is 0.213 e. The van der Waals surface area contributed by atoms with Crippen LogP contribution < -0.4 is 10.3 Å². The topological polar surface area (TPSA) is 29.9 Å². The molecule has 2 heteroatoms. The lowest BCUT2D eigenvalue weighted by molar-refractivity contribution is -0.667. The molecule has 0 saturated carbocycles. The molecule has 0 aliphatic rings. The SMILES string of the molecule is NCC[n+]1cc2ccccc2c2ccccc21. The highest BCUT2D eigenvalue weighted by molar-refractivity contribution is 6.03. The highest BCUT2D eigenvalue weighted by atomic mass is 15.0. The van der Waals surface area contributed by atoms with Crippen LogP contribution >= 0.6 is 0 Å². The van der Waals surface area contributed by atoms with Crippen molar-refractivity contribution in [2.24, 2.45) is 5.73 Å². The fourth-order valence-corrected chi connectivity index (χ4v) is 2.37. The summed E-state index contributed by atoms with van der Waals surface area (Å²) in [6.45, 7) is 1.51. The predicted molar refractivity (Wildman–Crippen MR) is 70.7 cm³/mol. The van der Waals surface area contributed by atoms with E-state index in [1.165, 1.54) is 21.7 Å². The van der Waals surface area contributed by atoms with E-state index in [4.69, 9.17) is 5.73 Å². The van der Waals surface area contributed by atoms with E-state index in [2.05, 4.69) is 59.3 Å². The molecule has 1 heterocycles. The highest BCUT2D eigenvalue weighted by Gasteiger charge is 2.11. The first kappa shape index (κ1) is 10.2. The van der Waals surface area contributed by atoms with Crippen molar-refractivity contribution < 1.29 is 4.57 Å². The first-order chi connectivity index (χ1) is 8.40. The molecule has 2 nitrogen and oxygen atoms in total. The van der Waals surface area contributed by atoms with Crippen molar-refractivity contribution in [3.8, 4) is 0 Å². The monoisotopic (exact) mass is 223 g/mol. The summed E-state index contributed by atoms with van der Waals surface area (Å²) in [5.74, 6) is 0. The maximum absolute atomic E-state index is 5.67. The molecule has 0 spiro atoms. The van der Waals surface area contributed by atoms with Crippen LogP contribution in [0.2, 0.25) is 0 Å². The van der Waals surface area contributed by atoms with Gasteiger partial charge in [-0.1, -0.05) is 30.3 Å². The number of rotatable bonds is 2. The Hall–Kier alpha value is -1.93. The van der Waals surface area contributed by atoms with Crippen molar-refractivity contribution in [1.82, 2.24) is 0 Å². The van der Waals surface area contributed by atoms with Gasteiger partial charge in [0, 0.05) is 16.8 Å². The van der Waals surface area contributed by atoms with E-state index in [-0.39, 0.29) is 0 Å². The quantitative estimate of drug-likeness (QED) is 0.524. The van der Waals surface area contributed by atoms with E-state index in [0.717, 1.165) is 6.54 Å². The van der Waals surface area contributed by atoms with Gasteiger partial charge in [-0.25, -0.2) is 0 Å². The summed E-state index contributed by atoms with van der Waals surface area (Å²) in [7, 11) is 0. The average molecular weight is 223 g/mol. The molecule has 0 bridgehead atoms. The Morgan fingerprint density at radius 3 is 2.41 bits per heavy atom. The van der Waals surface area contributed by atoms with Gasteiger partial charge in [0.2, 0.25) is 5.52 Å². The van der Waals surface area contributed by atoms with Gasteiger partial charge in [0.1, 0.15) is 0 Å². The van der Waals surface area contributed by atoms with E-state index in [1.807, 2.05) is 0 Å². The number of nitrogens with two attached hydrogens (primary N) is 1. The summed E-state index contributed by atoms with van der Waals surface area (Å²) in [5, 5.41) is 3.86. The number of nitrogens with zero attached hydrogens (tertiary/aromatic N) is 1. The molecule has 0 atom stereocenters. The lowest BCUT2D eigenvalue weighted by Crippen LogP contribution is -2.37. The maximum atomic E-state index is 5.67. The van der Waals surface area contributed by atoms with Crippen LogP contribution in [0, 0.1) is 0 Å². The van der Waals surface area contributed by atoms with Crippen molar-refractivity contribution in [3.63, 3.8) is 0 Å². The molecule has 3 aromatic rings. The number of para-hydroxylation sites is 1. The van der Waals surface area contributed by atoms with Crippen LogP contribution in [0.4, 0.5) is 0 Å². The van der Waals surface area contributed by atoms with E-state index in [9.17, 15) is 0 Å². The molecular weight excluding hydrogens is 208 g/mol. The van der Waals surface area contributed by atoms with Crippen molar-refractivity contribution in [3.05, 3.63) is 54.7 Å². The highest BCUT2D eigenvalue weighted by Crippen LogP contribution is 2.21. The summed E-state index contributed by atoms with van der Waals surface area (Å²) in [6, 6.07) is 17.0. The minimum atomic E-state index is 0.660. The predicted octanol–water partition coefficient (Wildman–Crippen LogP) is 2.24. The van der Waals surface area contributed by atoms with Gasteiger partial charge in [0.25, 0.3) is 0 Å². The average Bonchev–Trinajstić information content (AvgIpc) is 2.39. The molecule has 3 rings (SSSR count). The van der Waals surface area contributed by atoms with Crippen LogP contribution in [-0.2, 0) is 6.54 Å². The number of hydrogen-bond donors (Lipinski definition) is 1. The summed E-state index contributed by atoms with van der Waals surface area (Å²) < 4.78 is 2.23. The standard InChI is InChI=1S/C15H15N2/c16-9-10-17-11-12-5-1-2-6-13(12)14-7-3-4-8-15(14)17/h1-8,11H,9-10,16H2/q+1. The summed E-state index contributed by atoms with van der Waals surface area (Å²) >= 11 is 0. The second-order valence-electron chi connectivity index (χ2n) is 4.22. The fraction of sp³-hybridized carbons (Fsp3) is 0.133. The first-order valence-corrected chi connectivity index (χ1v) is 5.90. The molecule has 17 heavy (non-hydrogen) atoms. The third-order valence-corrected chi connectivity index (χ3v) is 3.13. The van der Waals surface area contributed by atoms with Gasteiger partial charge in [-0.05, 0) is 12.1 Å². The Bertz CT molecular complexity index is 674. The van der Waals surface area contributed by atoms with E-state index < -0.39 is 0 Å². The smallest absolute Gasteiger partial charge is 0.213 e. The molecule has 0 unspecified atom stereocenters. The lowest BCUT2D eigenvalue weighted by atomic mass is 10.1. The second-order valence-corrected chi connectivity index (χ2v) is 4.22. The molecule has 0 saturated heterocycles. The fourth-order valence-electron chi connectivity index (χ4n) is 2.37. The lowest BCUT2D eigenvalue weighted by Gasteiger charge is -2.04. The number of fused-ring (bicyclic) bond motifs is 3. The Balaban J connectivity index is 2.45. The van der Waals surface area contributed by atoms with Crippen molar-refractivity contribution in [2.45, 2.75) is 6.54 Å². The Labute approximate surface area is 100 Å². The summed E-state index contributed by atoms with van der Waals surface area (Å²) in [5.41, 5.74) is 6.92. The first-order valence-electron chi connectivity index (χ1n) is 5.90. The van der Waals surface area contributed by atoms with Gasteiger partial charge in [0.05, 0.1) is 11.9 Å². The number of pyridine rings is 1. The van der Waals surface area contributed by atoms with Gasteiger partial charge < -0.3 is 5.73 Å². The number of benzene rings is 2. The minimum absolute atomic E-state index is 0.660. The summed E-state index contributed by atoms with van der Waals surface area (Å²) in [6.07, 6.45) is 2.19. The van der Waals surface area contributed by atoms with Gasteiger partial charge in [-0.15, -0.1) is 0 Å². The third kappa shape index (κ3) is 1.67. The van der Waals surface area contributed by atoms with Crippen LogP contribution in [0.5, 0.6) is 0 Å². The third-order valence-electron chi connectivity index (χ3n) is 3.13. The Morgan fingerprint density at radius 1 is 0.882 bits per heavy atom. The normalized spacial score (nSPS) is 11.1. The van der Waals surface area contributed by atoms with Gasteiger partial charge >= 0.3 is 0 Å². The van der Waals surface area contributed by atoms with E-state index in [0.29, 0.717) is 6.54 Å². The van der Waals surface area contributed by atoms with Crippen molar-refractivity contribution in [2.75, 3.05) is 6.54 Å². The van der Waals surface area contributed by atoms with Crippen LogP contribution in [0.3, 0.4) is 0 Å². The number of aromatic nitrogens is 1. The van der Waals surface area contributed by atoms with Gasteiger partial charge in [-0.3, -0.25) is 0 Å². The zero-order valence-corrected chi connectivity index (χ0v) is 9.63. The van der Waals surface area contributed by atoms with Crippen LogP contribution in [0.15, 0.2) is 54.7 Å². The Morgan fingerprint density at radius 2 is 1.59 bits per heavy atom. The van der Waals surface area contributed by atoms with Gasteiger partial charge in [0.15, 0.2) is 12.7 Å². The molecule has 0 fully saturated rings. The molecule has 2 aromatic carbocycles. The molecule has 0 amide bonds. The molecule has 0 aliphatic heterocycles. The molecule has 0 radical (unpaired) electrons. The molecular formula is C15H15N2+. The van der Waals surface area contributed by atoms with Crippen molar-refractivity contribution in [1.29, 1.82) is 0 Å². The number of hydrogen-bond acceptors (Lipinski definition) is 1. The van der Waals surface area contributed by atoms with Crippen molar-refractivity contribution >= 4 is 21.7 Å². The van der Waals surface area contributed by atoms with Gasteiger partial charge in [-0.2, -0.15) is 4.57 Å². The molecule has 1 aromatic heterocycles. The zero-order chi connectivity index (χ0) is 11.7. The van der Waals surface area contributed by atoms with Crippen LogP contribution in [0.25, 0.3) is 21.7 Å². The minimum Gasteiger partial charge on any atom is -0.325 e. The molecule has 2 N–H and O–H groups in total. The second kappa shape index (κ2) is 4.15. The molecule has 0 aliphatic carbocycles. The van der Waals surface area contributed by atoms with E-state index >= 15 is 0 Å². The van der Waals surface area contributed by atoms with E-state index in [1.54, 1.807) is 0 Å². The zero-order valence-electron chi connectivity index (χ0n) is 9.63. The van der Waals surface area contributed by atoms with Crippen LogP contribution in [0.1, 0.15) is 0 Å². The largest absolute Gasteiger partial charge is 0.325 e. The van der Waals surface area contributed by atoms with Crippen LogP contribution in [-0.4, -0.2) is 6.54 Å². The Kier molecular flexibility index (Phi) is 2.50. The summed E-state index contributed by atoms with van der Waals surface area (Å²) in [4.78, 5) is 0.